The lowest BCUT2D eigenvalue weighted by Gasteiger charge is -2.38. The second-order valence-corrected chi connectivity index (χ2v) is 8.40. The van der Waals surface area contributed by atoms with E-state index in [0.29, 0.717) is 13.1 Å². The molecule has 0 atom stereocenters. The molecule has 0 bridgehead atoms. The summed E-state index contributed by atoms with van der Waals surface area (Å²) in [5, 5.41) is 13.4. The van der Waals surface area contributed by atoms with E-state index in [1.54, 1.807) is 6.92 Å². The number of pyridine rings is 1. The van der Waals surface area contributed by atoms with E-state index in [1.165, 1.54) is 5.56 Å². The summed E-state index contributed by atoms with van der Waals surface area (Å²) in [5.41, 5.74) is 6.20. The number of amides is 1. The number of carbonyl (C=O) groups is 1. The van der Waals surface area contributed by atoms with E-state index in [9.17, 15) is 4.79 Å². The van der Waals surface area contributed by atoms with Crippen molar-refractivity contribution in [2.24, 2.45) is 0 Å². The van der Waals surface area contributed by atoms with Gasteiger partial charge in [0.15, 0.2) is 5.65 Å². The molecule has 1 aliphatic heterocycles. The maximum atomic E-state index is 11.5. The molecule has 1 fully saturated rings. The van der Waals surface area contributed by atoms with Crippen molar-refractivity contribution in [1.82, 2.24) is 33.8 Å². The molecule has 1 saturated heterocycles. The fourth-order valence-electron chi connectivity index (χ4n) is 4.55. The molecular weight excluding hydrogens is 402 g/mol. The van der Waals surface area contributed by atoms with Gasteiger partial charge in [-0.3, -0.25) is 13.9 Å². The fraction of sp³-hybridized carbons (Fsp3) is 0.250. The Morgan fingerprint density at radius 2 is 1.84 bits per heavy atom. The smallest absolute Gasteiger partial charge is 0.219 e. The Morgan fingerprint density at radius 1 is 1.03 bits per heavy atom. The zero-order chi connectivity index (χ0) is 21.8. The Kier molecular flexibility index (Phi) is 4.14. The van der Waals surface area contributed by atoms with Crippen LogP contribution in [0.5, 0.6) is 0 Å². The van der Waals surface area contributed by atoms with Crippen molar-refractivity contribution in [2.45, 2.75) is 26.4 Å². The van der Waals surface area contributed by atoms with E-state index in [2.05, 4.69) is 61.6 Å². The minimum atomic E-state index is 0.116. The lowest BCUT2D eigenvalue weighted by atomic mass is 10.1. The number of aryl methyl sites for hydroxylation is 1. The standard InChI is InChI=1S/C24H23N7O/c1-16-25-26-24-9-8-21-23(31(16)24)12-22(29(21)13-18-6-4-3-5-7-18)20-10-11-30(27-20)19-14-28(15-19)17(2)32/h3-12,19H,13-15H2,1-2H3. The molecule has 0 aliphatic carbocycles. The molecule has 160 valence electrons. The first-order valence-electron chi connectivity index (χ1n) is 10.8. The van der Waals surface area contributed by atoms with Crippen LogP contribution in [0.3, 0.4) is 0 Å². The first-order chi connectivity index (χ1) is 15.6. The highest BCUT2D eigenvalue weighted by molar-refractivity contribution is 5.86. The molecule has 0 spiro atoms. The zero-order valence-corrected chi connectivity index (χ0v) is 18.0. The Morgan fingerprint density at radius 3 is 2.62 bits per heavy atom. The van der Waals surface area contributed by atoms with Crippen molar-refractivity contribution in [2.75, 3.05) is 13.1 Å². The molecule has 0 unspecified atom stereocenters. The number of fused-ring (bicyclic) bond motifs is 3. The minimum absolute atomic E-state index is 0.116. The third-order valence-electron chi connectivity index (χ3n) is 6.33. The maximum absolute atomic E-state index is 11.5. The molecule has 8 nitrogen and oxygen atoms in total. The highest BCUT2D eigenvalue weighted by atomic mass is 16.2. The Balaban J connectivity index is 1.47. The van der Waals surface area contributed by atoms with E-state index in [0.717, 1.165) is 40.4 Å². The van der Waals surface area contributed by atoms with Gasteiger partial charge in [0.1, 0.15) is 11.5 Å². The first kappa shape index (κ1) is 18.8. The predicted octanol–water partition coefficient (Wildman–Crippen LogP) is 3.31. The largest absolute Gasteiger partial charge is 0.339 e. The number of benzene rings is 1. The number of likely N-dealkylation sites (tertiary alicyclic amines) is 1. The maximum Gasteiger partial charge on any atom is 0.219 e. The summed E-state index contributed by atoms with van der Waals surface area (Å²) in [6, 6.07) is 19.0. The van der Waals surface area contributed by atoms with Gasteiger partial charge in [-0.1, -0.05) is 30.3 Å². The average Bonchev–Trinajstić information content (AvgIpc) is 3.45. The van der Waals surface area contributed by atoms with Gasteiger partial charge in [0.05, 0.1) is 22.8 Å². The molecule has 32 heavy (non-hydrogen) atoms. The molecule has 1 amide bonds. The van der Waals surface area contributed by atoms with Gasteiger partial charge in [0, 0.05) is 32.8 Å². The number of hydrogen-bond acceptors (Lipinski definition) is 4. The lowest BCUT2D eigenvalue weighted by molar-refractivity contribution is -0.134. The van der Waals surface area contributed by atoms with Crippen LogP contribution in [0, 0.1) is 6.92 Å². The van der Waals surface area contributed by atoms with Crippen molar-refractivity contribution in [3.8, 4) is 11.4 Å². The fourth-order valence-corrected chi connectivity index (χ4v) is 4.55. The van der Waals surface area contributed by atoms with E-state index >= 15 is 0 Å². The summed E-state index contributed by atoms with van der Waals surface area (Å²) >= 11 is 0. The van der Waals surface area contributed by atoms with Gasteiger partial charge >= 0.3 is 0 Å². The molecule has 4 aromatic heterocycles. The highest BCUT2D eigenvalue weighted by Gasteiger charge is 2.30. The molecule has 5 heterocycles. The Labute approximate surface area is 184 Å². The van der Waals surface area contributed by atoms with Gasteiger partial charge in [-0.05, 0) is 36.8 Å². The zero-order valence-electron chi connectivity index (χ0n) is 18.0. The van der Waals surface area contributed by atoms with Crippen molar-refractivity contribution in [1.29, 1.82) is 0 Å². The topological polar surface area (TPSA) is 73.2 Å². The van der Waals surface area contributed by atoms with Crippen molar-refractivity contribution in [3.63, 3.8) is 0 Å². The molecule has 1 aliphatic rings. The van der Waals surface area contributed by atoms with Gasteiger partial charge < -0.3 is 9.47 Å². The lowest BCUT2D eigenvalue weighted by Crippen LogP contribution is -2.50. The summed E-state index contributed by atoms with van der Waals surface area (Å²) in [6.45, 7) is 5.74. The van der Waals surface area contributed by atoms with E-state index in [-0.39, 0.29) is 11.9 Å². The minimum Gasteiger partial charge on any atom is -0.339 e. The van der Waals surface area contributed by atoms with Gasteiger partial charge in [-0.15, -0.1) is 10.2 Å². The normalized spacial score (nSPS) is 14.4. The second-order valence-electron chi connectivity index (χ2n) is 8.40. The van der Waals surface area contributed by atoms with Crippen LogP contribution in [0.4, 0.5) is 0 Å². The molecule has 0 radical (unpaired) electrons. The van der Waals surface area contributed by atoms with Gasteiger partial charge in [0.2, 0.25) is 5.91 Å². The van der Waals surface area contributed by atoms with Crippen LogP contribution in [0.15, 0.2) is 60.8 Å². The van der Waals surface area contributed by atoms with Crippen LogP contribution in [-0.2, 0) is 11.3 Å². The van der Waals surface area contributed by atoms with Crippen molar-refractivity contribution < 1.29 is 4.79 Å². The molecule has 0 saturated carbocycles. The number of nitrogens with zero attached hydrogens (tertiary/aromatic N) is 7. The number of aromatic nitrogens is 6. The summed E-state index contributed by atoms with van der Waals surface area (Å²) in [6.07, 6.45) is 2.02. The predicted molar refractivity (Wildman–Crippen MR) is 121 cm³/mol. The second kappa shape index (κ2) is 7.05. The van der Waals surface area contributed by atoms with Gasteiger partial charge in [-0.2, -0.15) is 5.10 Å². The highest BCUT2D eigenvalue weighted by Crippen LogP contribution is 2.30. The monoisotopic (exact) mass is 425 g/mol. The summed E-state index contributed by atoms with van der Waals surface area (Å²) in [4.78, 5) is 13.4. The van der Waals surface area contributed by atoms with Crippen LogP contribution in [0.1, 0.15) is 24.4 Å². The Hall–Kier alpha value is -3.94. The molecule has 8 heteroatoms. The van der Waals surface area contributed by atoms with Gasteiger partial charge in [0.25, 0.3) is 0 Å². The number of hydrogen-bond donors (Lipinski definition) is 0. The van der Waals surface area contributed by atoms with Crippen LogP contribution < -0.4 is 0 Å². The third kappa shape index (κ3) is 2.90. The van der Waals surface area contributed by atoms with Crippen LogP contribution in [-0.4, -0.2) is 52.8 Å². The van der Waals surface area contributed by atoms with E-state index in [4.69, 9.17) is 5.10 Å². The molecule has 1 aromatic carbocycles. The van der Waals surface area contributed by atoms with Crippen LogP contribution in [0.2, 0.25) is 0 Å². The summed E-state index contributed by atoms with van der Waals surface area (Å²) < 4.78 is 6.38. The van der Waals surface area contributed by atoms with Gasteiger partial charge in [-0.25, -0.2) is 0 Å². The number of carbonyl (C=O) groups excluding carboxylic acids is 1. The Bertz CT molecular complexity index is 1450. The van der Waals surface area contributed by atoms with Crippen LogP contribution in [0.25, 0.3) is 28.1 Å². The molecular formula is C24H23N7O. The van der Waals surface area contributed by atoms with E-state index < -0.39 is 0 Å². The van der Waals surface area contributed by atoms with E-state index in [1.807, 2.05) is 34.8 Å². The molecule has 6 rings (SSSR count). The summed E-state index contributed by atoms with van der Waals surface area (Å²) in [5.74, 6) is 0.975. The quantitative estimate of drug-likeness (QED) is 0.443. The molecule has 5 aromatic rings. The number of rotatable bonds is 4. The first-order valence-corrected chi connectivity index (χ1v) is 10.8. The summed E-state index contributed by atoms with van der Waals surface area (Å²) in [7, 11) is 0. The van der Waals surface area contributed by atoms with Crippen molar-refractivity contribution in [3.05, 3.63) is 72.2 Å². The van der Waals surface area contributed by atoms with Crippen LogP contribution >= 0.6 is 0 Å². The SMILES string of the molecule is CC(=O)N1CC(n2ccc(-c3cc4c(ccc5nnc(C)n54)n3Cc3ccccc3)n2)C1. The molecule has 0 N–H and O–H groups in total. The average molecular weight is 425 g/mol. The van der Waals surface area contributed by atoms with Crippen molar-refractivity contribution >= 4 is 22.6 Å². The third-order valence-corrected chi connectivity index (χ3v) is 6.33.